The number of hydrogen-bond donors (Lipinski definition) is 1. The van der Waals surface area contributed by atoms with Crippen molar-refractivity contribution in [2.45, 2.75) is 12.5 Å². The molecule has 0 radical (unpaired) electrons. The Morgan fingerprint density at radius 1 is 1.90 bits per heavy atom. The van der Waals surface area contributed by atoms with E-state index in [0.717, 1.165) is 17.9 Å². The maximum atomic E-state index is 9.25. The van der Waals surface area contributed by atoms with Crippen molar-refractivity contribution in [3.63, 3.8) is 0 Å². The Bertz CT molecular complexity index is 162. The molecule has 1 heterocycles. The number of rotatable bonds is 1. The van der Waals surface area contributed by atoms with Crippen molar-refractivity contribution in [1.29, 1.82) is 0 Å². The van der Waals surface area contributed by atoms with E-state index >= 15 is 0 Å². The van der Waals surface area contributed by atoms with Crippen LogP contribution in [0.3, 0.4) is 0 Å². The zero-order valence-corrected chi connectivity index (χ0v) is 7.62. The van der Waals surface area contributed by atoms with Crippen LogP contribution in [0.4, 0.5) is 0 Å². The molecule has 0 aromatic rings. The van der Waals surface area contributed by atoms with E-state index in [1.165, 1.54) is 0 Å². The van der Waals surface area contributed by atoms with E-state index in [1.807, 2.05) is 0 Å². The molecule has 0 aromatic carbocycles. The summed E-state index contributed by atoms with van der Waals surface area (Å²) in [4.78, 5) is 0. The molecule has 1 aliphatic heterocycles. The van der Waals surface area contributed by atoms with Crippen molar-refractivity contribution in [3.05, 3.63) is 11.9 Å². The number of aliphatic hydroxyl groups excluding tert-OH is 1. The molecule has 1 aliphatic rings. The molecule has 4 heteroatoms. The van der Waals surface area contributed by atoms with Gasteiger partial charge in [-0.1, -0.05) is 6.58 Å². The van der Waals surface area contributed by atoms with Gasteiger partial charge in [-0.3, -0.25) is 4.52 Å². The molecule has 2 unspecified atom stereocenters. The van der Waals surface area contributed by atoms with Crippen molar-refractivity contribution in [1.82, 2.24) is 0 Å². The Hall–Kier alpha value is 0.440. The van der Waals surface area contributed by atoms with Crippen LogP contribution in [0, 0.1) is 0 Å². The molecule has 2 nitrogen and oxygen atoms in total. The fourth-order valence-electron chi connectivity index (χ4n) is 1.04. The lowest BCUT2D eigenvalue weighted by molar-refractivity contribution is 0.221. The predicted octanol–water partition coefficient (Wildman–Crippen LogP) is 1.31. The maximum absolute atomic E-state index is 9.25. The van der Waals surface area contributed by atoms with Crippen LogP contribution < -0.4 is 0 Å². The van der Waals surface area contributed by atoms with Crippen LogP contribution in [0.1, 0.15) is 6.42 Å². The molecule has 0 bridgehead atoms. The topological polar surface area (TPSA) is 29.5 Å². The second-order valence-electron chi connectivity index (χ2n) is 2.38. The summed E-state index contributed by atoms with van der Waals surface area (Å²) in [7, 11) is 1.60. The summed E-state index contributed by atoms with van der Waals surface area (Å²) in [6, 6.07) is 0. The molecule has 1 N–H and O–H groups in total. The van der Waals surface area contributed by atoms with Gasteiger partial charge in [0.2, 0.25) is 0 Å². The lowest BCUT2D eigenvalue weighted by Gasteiger charge is -2.24. The molecule has 0 aliphatic carbocycles. The van der Waals surface area contributed by atoms with E-state index < -0.39 is 12.8 Å². The third kappa shape index (κ3) is 1.24. The van der Waals surface area contributed by atoms with E-state index in [-0.39, 0.29) is 0 Å². The van der Waals surface area contributed by atoms with Crippen LogP contribution in [0.25, 0.3) is 0 Å². The van der Waals surface area contributed by atoms with E-state index in [2.05, 4.69) is 6.58 Å². The van der Waals surface area contributed by atoms with E-state index in [4.69, 9.17) is 16.8 Å². The zero-order chi connectivity index (χ0) is 7.78. The molecular formula is C6H11O2PS. The maximum Gasteiger partial charge on any atom is 0.115 e. The fraction of sp³-hybridized carbons (Fsp3) is 0.667. The molecule has 1 saturated heterocycles. The summed E-state index contributed by atoms with van der Waals surface area (Å²) < 4.78 is 5.15. The number of aliphatic hydroxyl groups is 1. The van der Waals surface area contributed by atoms with Crippen LogP contribution in [0.15, 0.2) is 11.9 Å². The Kier molecular flexibility index (Phi) is 2.41. The normalized spacial score (nSPS) is 40.7. The largest absolute Gasteiger partial charge is 0.520 e. The van der Waals surface area contributed by atoms with E-state index in [9.17, 15) is 5.11 Å². The summed E-state index contributed by atoms with van der Waals surface area (Å²) in [5.41, 5.74) is 0. The second kappa shape index (κ2) is 2.82. The quantitative estimate of drug-likeness (QED) is 0.485. The SMILES string of the molecule is C=C1C(O)CC[P+]1([S-])OC. The molecule has 0 amide bonds. The Balaban J connectivity index is 2.73. The molecule has 2 atom stereocenters. The van der Waals surface area contributed by atoms with E-state index in [1.54, 1.807) is 7.11 Å². The molecular weight excluding hydrogens is 167 g/mol. The summed E-state index contributed by atoms with van der Waals surface area (Å²) in [5.74, 6) is 0. The molecule has 58 valence electrons. The van der Waals surface area contributed by atoms with Gasteiger partial charge in [0, 0.05) is 6.42 Å². The van der Waals surface area contributed by atoms with Gasteiger partial charge >= 0.3 is 0 Å². The van der Waals surface area contributed by atoms with Crippen LogP contribution >= 0.6 is 6.69 Å². The summed E-state index contributed by atoms with van der Waals surface area (Å²) in [6.07, 6.45) is 1.12. The van der Waals surface area contributed by atoms with Gasteiger partial charge in [-0.15, -0.1) is 0 Å². The van der Waals surface area contributed by atoms with Gasteiger partial charge in [-0.05, 0) is 0 Å². The summed E-state index contributed by atoms with van der Waals surface area (Å²) in [5, 5.41) is 9.99. The minimum absolute atomic E-state index is 0.411. The first-order valence-electron chi connectivity index (χ1n) is 3.12. The van der Waals surface area contributed by atoms with Crippen molar-refractivity contribution in [2.24, 2.45) is 0 Å². The van der Waals surface area contributed by atoms with Crippen molar-refractivity contribution in [2.75, 3.05) is 13.3 Å². The average molecular weight is 178 g/mol. The van der Waals surface area contributed by atoms with Gasteiger partial charge in [0.15, 0.2) is 0 Å². The highest BCUT2D eigenvalue weighted by Crippen LogP contribution is 2.69. The van der Waals surface area contributed by atoms with Crippen molar-refractivity contribution in [3.8, 4) is 0 Å². The van der Waals surface area contributed by atoms with Crippen molar-refractivity contribution < 1.29 is 9.63 Å². The molecule has 1 fully saturated rings. The van der Waals surface area contributed by atoms with Crippen LogP contribution in [0.5, 0.6) is 0 Å². The van der Waals surface area contributed by atoms with Gasteiger partial charge in [0.1, 0.15) is 11.4 Å². The molecule has 0 saturated carbocycles. The first-order valence-corrected chi connectivity index (χ1v) is 6.03. The van der Waals surface area contributed by atoms with E-state index in [0.29, 0.717) is 0 Å². The highest BCUT2D eigenvalue weighted by molar-refractivity contribution is 8.42. The summed E-state index contributed by atoms with van der Waals surface area (Å²) >= 11 is 5.20. The minimum atomic E-state index is -1.81. The molecule has 1 rings (SSSR count). The first-order chi connectivity index (χ1) is 4.60. The average Bonchev–Trinajstić information content (AvgIpc) is 2.19. The molecule has 10 heavy (non-hydrogen) atoms. The molecule has 0 spiro atoms. The van der Waals surface area contributed by atoms with Gasteiger partial charge in [0.05, 0.1) is 20.0 Å². The predicted molar refractivity (Wildman–Crippen MR) is 45.9 cm³/mol. The van der Waals surface area contributed by atoms with Crippen LogP contribution in [-0.2, 0) is 16.8 Å². The Labute approximate surface area is 66.9 Å². The van der Waals surface area contributed by atoms with Crippen LogP contribution in [-0.4, -0.2) is 24.5 Å². The summed E-state index contributed by atoms with van der Waals surface area (Å²) in [6.45, 7) is 1.92. The minimum Gasteiger partial charge on any atom is -0.520 e. The zero-order valence-electron chi connectivity index (χ0n) is 5.91. The first kappa shape index (κ1) is 8.54. The second-order valence-corrected chi connectivity index (χ2v) is 6.88. The lowest BCUT2D eigenvalue weighted by Crippen LogP contribution is -2.01. The van der Waals surface area contributed by atoms with Gasteiger partial charge in [-0.2, -0.15) is 0 Å². The van der Waals surface area contributed by atoms with Gasteiger partial charge < -0.3 is 17.4 Å². The highest BCUT2D eigenvalue weighted by atomic mass is 32.7. The number of hydrogen-bond acceptors (Lipinski definition) is 3. The third-order valence-corrected chi connectivity index (χ3v) is 6.12. The van der Waals surface area contributed by atoms with Gasteiger partial charge in [0.25, 0.3) is 0 Å². The standard InChI is InChI=1S/C6H11O2PS/c1-5-6(7)3-4-9(5,10)8-2/h6-7H,1,3-4H2,2H3. The van der Waals surface area contributed by atoms with Gasteiger partial charge in [-0.25, -0.2) is 0 Å². The Morgan fingerprint density at radius 3 is 2.70 bits per heavy atom. The smallest absolute Gasteiger partial charge is 0.115 e. The van der Waals surface area contributed by atoms with Crippen LogP contribution in [0.2, 0.25) is 0 Å². The highest BCUT2D eigenvalue weighted by Gasteiger charge is 2.40. The molecule has 0 aromatic heterocycles. The monoisotopic (exact) mass is 178 g/mol. The fourth-order valence-corrected chi connectivity index (χ4v) is 3.59. The Morgan fingerprint density at radius 2 is 2.50 bits per heavy atom. The third-order valence-electron chi connectivity index (χ3n) is 1.81. The lowest BCUT2D eigenvalue weighted by atomic mass is 10.3. The van der Waals surface area contributed by atoms with Crippen molar-refractivity contribution >= 4 is 18.9 Å².